The number of anilines is 1. The Kier molecular flexibility index (Phi) is 3.45. The van der Waals surface area contributed by atoms with Crippen LogP contribution in [-0.4, -0.2) is 14.5 Å². The molecule has 0 amide bonds. The van der Waals surface area contributed by atoms with Crippen molar-refractivity contribution in [3.63, 3.8) is 0 Å². The van der Waals surface area contributed by atoms with Gasteiger partial charge in [-0.25, -0.2) is 9.97 Å². The molecule has 0 fully saturated rings. The molecular weight excluding hydrogens is 232 g/mol. The molecule has 0 saturated carbocycles. The van der Waals surface area contributed by atoms with Gasteiger partial charge in [0, 0.05) is 18.9 Å². The average molecular weight is 248 g/mol. The standard InChI is InChI=1S/C12H16N4O2/c1-4-16-6-5-13-10(12(16)17)15-9(3)11-14-7-8(2)18-11/h5-7,9H,4H2,1-3H3,(H,13,15). The normalized spacial score (nSPS) is 12.4. The van der Waals surface area contributed by atoms with Gasteiger partial charge in [-0.1, -0.05) is 0 Å². The lowest BCUT2D eigenvalue weighted by Crippen LogP contribution is -2.24. The minimum Gasteiger partial charge on any atom is -0.444 e. The summed E-state index contributed by atoms with van der Waals surface area (Å²) in [5.74, 6) is 1.59. The summed E-state index contributed by atoms with van der Waals surface area (Å²) in [6.45, 7) is 6.22. The molecule has 1 N–H and O–H groups in total. The Balaban J connectivity index is 2.22. The number of nitrogens with zero attached hydrogens (tertiary/aromatic N) is 3. The van der Waals surface area contributed by atoms with Gasteiger partial charge in [0.2, 0.25) is 5.89 Å². The van der Waals surface area contributed by atoms with E-state index in [9.17, 15) is 4.79 Å². The van der Waals surface area contributed by atoms with Crippen molar-refractivity contribution in [2.75, 3.05) is 5.32 Å². The fourth-order valence-corrected chi connectivity index (χ4v) is 1.63. The lowest BCUT2D eigenvalue weighted by Gasteiger charge is -2.11. The summed E-state index contributed by atoms with van der Waals surface area (Å²) >= 11 is 0. The summed E-state index contributed by atoms with van der Waals surface area (Å²) in [6.07, 6.45) is 4.91. The van der Waals surface area contributed by atoms with E-state index in [0.717, 1.165) is 5.76 Å². The summed E-state index contributed by atoms with van der Waals surface area (Å²) in [4.78, 5) is 20.1. The van der Waals surface area contributed by atoms with Gasteiger partial charge in [-0.15, -0.1) is 0 Å². The average Bonchev–Trinajstić information content (AvgIpc) is 2.78. The van der Waals surface area contributed by atoms with Gasteiger partial charge in [-0.3, -0.25) is 4.79 Å². The monoisotopic (exact) mass is 248 g/mol. The van der Waals surface area contributed by atoms with Gasteiger partial charge in [0.05, 0.1) is 6.20 Å². The Morgan fingerprint density at radius 3 is 2.89 bits per heavy atom. The molecule has 1 atom stereocenters. The topological polar surface area (TPSA) is 73.0 Å². The smallest absolute Gasteiger partial charge is 0.293 e. The number of hydrogen-bond acceptors (Lipinski definition) is 5. The largest absolute Gasteiger partial charge is 0.444 e. The van der Waals surface area contributed by atoms with Crippen molar-refractivity contribution in [1.29, 1.82) is 0 Å². The molecule has 0 spiro atoms. The van der Waals surface area contributed by atoms with Crippen LogP contribution in [-0.2, 0) is 6.54 Å². The molecule has 2 heterocycles. The maximum absolute atomic E-state index is 12.0. The van der Waals surface area contributed by atoms with E-state index in [0.29, 0.717) is 18.3 Å². The Morgan fingerprint density at radius 1 is 1.50 bits per heavy atom. The SMILES string of the molecule is CCn1ccnc(NC(C)c2ncc(C)o2)c1=O. The van der Waals surface area contributed by atoms with Crippen LogP contribution in [0, 0.1) is 6.92 Å². The molecule has 0 aliphatic carbocycles. The second-order valence-corrected chi connectivity index (χ2v) is 4.04. The van der Waals surface area contributed by atoms with Crippen LogP contribution in [0.15, 0.2) is 27.8 Å². The Hall–Kier alpha value is -2.11. The summed E-state index contributed by atoms with van der Waals surface area (Å²) in [7, 11) is 0. The van der Waals surface area contributed by atoms with Crippen molar-refractivity contribution in [2.24, 2.45) is 0 Å². The van der Waals surface area contributed by atoms with Gasteiger partial charge in [0.25, 0.3) is 5.56 Å². The first-order valence-electron chi connectivity index (χ1n) is 5.86. The zero-order valence-corrected chi connectivity index (χ0v) is 10.7. The Morgan fingerprint density at radius 2 is 2.28 bits per heavy atom. The second-order valence-electron chi connectivity index (χ2n) is 4.04. The summed E-state index contributed by atoms with van der Waals surface area (Å²) in [6, 6.07) is -0.202. The molecule has 2 rings (SSSR count). The van der Waals surface area contributed by atoms with Crippen molar-refractivity contribution >= 4 is 5.82 Å². The second kappa shape index (κ2) is 5.03. The lowest BCUT2D eigenvalue weighted by molar-refractivity contribution is 0.453. The van der Waals surface area contributed by atoms with Gasteiger partial charge in [-0.2, -0.15) is 0 Å². The number of oxazole rings is 1. The van der Waals surface area contributed by atoms with E-state index in [1.54, 1.807) is 23.2 Å². The molecule has 1 unspecified atom stereocenters. The molecule has 0 radical (unpaired) electrons. The fraction of sp³-hybridized carbons (Fsp3) is 0.417. The van der Waals surface area contributed by atoms with Crippen LogP contribution < -0.4 is 10.9 Å². The van der Waals surface area contributed by atoms with E-state index in [-0.39, 0.29) is 11.6 Å². The molecule has 0 aliphatic rings. The fourth-order valence-electron chi connectivity index (χ4n) is 1.63. The summed E-state index contributed by atoms with van der Waals surface area (Å²) in [5.41, 5.74) is -0.143. The highest BCUT2D eigenvalue weighted by Gasteiger charge is 2.14. The number of nitrogens with one attached hydrogen (secondary N) is 1. The number of aryl methyl sites for hydroxylation is 2. The van der Waals surface area contributed by atoms with Crippen LogP contribution in [0.25, 0.3) is 0 Å². The van der Waals surface area contributed by atoms with Crippen molar-refractivity contribution in [3.05, 3.63) is 40.6 Å². The van der Waals surface area contributed by atoms with Crippen LogP contribution in [0.1, 0.15) is 31.5 Å². The molecule has 96 valence electrons. The van der Waals surface area contributed by atoms with E-state index in [1.165, 1.54) is 0 Å². The first kappa shape index (κ1) is 12.3. The van der Waals surface area contributed by atoms with Crippen molar-refractivity contribution in [3.8, 4) is 0 Å². The van der Waals surface area contributed by atoms with E-state index in [4.69, 9.17) is 4.42 Å². The molecule has 6 heteroatoms. The van der Waals surface area contributed by atoms with Gasteiger partial charge >= 0.3 is 0 Å². The van der Waals surface area contributed by atoms with E-state index >= 15 is 0 Å². The summed E-state index contributed by atoms with van der Waals surface area (Å²) in [5, 5.41) is 3.01. The van der Waals surface area contributed by atoms with Crippen molar-refractivity contribution in [1.82, 2.24) is 14.5 Å². The minimum atomic E-state index is -0.202. The molecule has 18 heavy (non-hydrogen) atoms. The lowest BCUT2D eigenvalue weighted by atomic mass is 10.3. The molecule has 0 saturated heterocycles. The van der Waals surface area contributed by atoms with Crippen LogP contribution in [0.3, 0.4) is 0 Å². The maximum atomic E-state index is 12.0. The number of rotatable bonds is 4. The summed E-state index contributed by atoms with van der Waals surface area (Å²) < 4.78 is 6.99. The van der Waals surface area contributed by atoms with Gasteiger partial charge in [-0.05, 0) is 20.8 Å². The zero-order chi connectivity index (χ0) is 13.1. The van der Waals surface area contributed by atoms with Crippen LogP contribution in [0.2, 0.25) is 0 Å². The molecule has 6 nitrogen and oxygen atoms in total. The molecule has 2 aromatic heterocycles. The highest BCUT2D eigenvalue weighted by Crippen LogP contribution is 2.15. The van der Waals surface area contributed by atoms with Gasteiger partial charge < -0.3 is 14.3 Å². The van der Waals surface area contributed by atoms with Crippen LogP contribution in [0.4, 0.5) is 5.82 Å². The predicted octanol–water partition coefficient (Wildman–Crippen LogP) is 1.73. The Bertz CT molecular complexity index is 588. The minimum absolute atomic E-state index is 0.143. The van der Waals surface area contributed by atoms with Crippen LogP contribution >= 0.6 is 0 Å². The first-order valence-corrected chi connectivity index (χ1v) is 5.86. The third-order valence-electron chi connectivity index (χ3n) is 2.62. The molecular formula is C12H16N4O2. The van der Waals surface area contributed by atoms with Crippen LogP contribution in [0.5, 0.6) is 0 Å². The molecule has 0 bridgehead atoms. The van der Waals surface area contributed by atoms with Gasteiger partial charge in [0.15, 0.2) is 5.82 Å². The first-order chi connectivity index (χ1) is 8.61. The number of hydrogen-bond donors (Lipinski definition) is 1. The zero-order valence-electron chi connectivity index (χ0n) is 10.7. The van der Waals surface area contributed by atoms with Crippen molar-refractivity contribution < 1.29 is 4.42 Å². The predicted molar refractivity (Wildman–Crippen MR) is 67.4 cm³/mol. The van der Waals surface area contributed by atoms with E-state index in [1.807, 2.05) is 20.8 Å². The number of aromatic nitrogens is 3. The Labute approximate surface area is 105 Å². The molecule has 0 aliphatic heterocycles. The highest BCUT2D eigenvalue weighted by molar-refractivity contribution is 5.32. The molecule has 0 aromatic carbocycles. The quantitative estimate of drug-likeness (QED) is 0.892. The third-order valence-corrected chi connectivity index (χ3v) is 2.62. The third kappa shape index (κ3) is 2.42. The maximum Gasteiger partial charge on any atom is 0.293 e. The van der Waals surface area contributed by atoms with Gasteiger partial charge in [0.1, 0.15) is 11.8 Å². The van der Waals surface area contributed by atoms with E-state index < -0.39 is 0 Å². The van der Waals surface area contributed by atoms with Crippen molar-refractivity contribution in [2.45, 2.75) is 33.4 Å². The molecule has 2 aromatic rings. The van der Waals surface area contributed by atoms with E-state index in [2.05, 4.69) is 15.3 Å². The highest BCUT2D eigenvalue weighted by atomic mass is 16.4.